The lowest BCUT2D eigenvalue weighted by atomic mass is 9.98. The molecule has 1 aliphatic heterocycles. The Kier molecular flexibility index (Phi) is 28.8. The molecule has 9 atom stereocenters. The van der Waals surface area contributed by atoms with Crippen LogP contribution in [0.1, 0.15) is 174 Å². The molecular formula is C39H77NO10. The molecule has 298 valence electrons. The molecule has 0 aromatic carbocycles. The van der Waals surface area contributed by atoms with Crippen molar-refractivity contribution in [3.8, 4) is 0 Å². The average Bonchev–Trinajstić information content (AvgIpc) is 3.11. The second kappa shape index (κ2) is 30.6. The third kappa shape index (κ3) is 21.0. The minimum absolute atomic E-state index is 0.265. The Balaban J connectivity index is 2.53. The van der Waals surface area contributed by atoms with E-state index in [1.807, 2.05) is 0 Å². The van der Waals surface area contributed by atoms with Gasteiger partial charge in [0.15, 0.2) is 6.29 Å². The van der Waals surface area contributed by atoms with Gasteiger partial charge in [0, 0.05) is 0 Å². The molecule has 1 heterocycles. The highest BCUT2D eigenvalue weighted by Crippen LogP contribution is 2.23. The van der Waals surface area contributed by atoms with E-state index in [1.54, 1.807) is 0 Å². The van der Waals surface area contributed by atoms with E-state index in [2.05, 4.69) is 19.2 Å². The molecule has 9 unspecified atom stereocenters. The fraction of sp³-hybridized carbons (Fsp3) is 0.974. The molecule has 1 rings (SSSR count). The molecule has 0 aromatic rings. The van der Waals surface area contributed by atoms with Crippen LogP contribution in [-0.2, 0) is 14.3 Å². The van der Waals surface area contributed by atoms with E-state index >= 15 is 0 Å². The monoisotopic (exact) mass is 720 g/mol. The standard InChI is InChI=1S/C39H77NO10/c1-3-5-7-9-11-13-15-16-17-19-21-23-25-27-32(43)38(48)40-30(29-49-39-37(47)36(46)35(45)33(28-41)50-39)34(44)31(42)26-24-22-20-18-14-12-10-8-6-4-2/h30-37,39,41-47H,3-29H2,1-2H3,(H,40,48). The molecule has 0 bridgehead atoms. The van der Waals surface area contributed by atoms with Crippen LogP contribution in [0.25, 0.3) is 0 Å². The third-order valence-corrected chi connectivity index (χ3v) is 10.2. The molecule has 0 aliphatic carbocycles. The lowest BCUT2D eigenvalue weighted by Crippen LogP contribution is -2.60. The van der Waals surface area contributed by atoms with Crippen molar-refractivity contribution in [2.24, 2.45) is 0 Å². The molecule has 0 spiro atoms. The van der Waals surface area contributed by atoms with E-state index in [0.29, 0.717) is 19.3 Å². The predicted molar refractivity (Wildman–Crippen MR) is 196 cm³/mol. The van der Waals surface area contributed by atoms with Crippen LogP contribution in [0.5, 0.6) is 0 Å². The zero-order valence-corrected chi connectivity index (χ0v) is 31.6. The van der Waals surface area contributed by atoms with Crippen molar-refractivity contribution in [3.63, 3.8) is 0 Å². The number of aliphatic hydroxyl groups is 7. The number of ether oxygens (including phenoxy) is 2. The summed E-state index contributed by atoms with van der Waals surface area (Å²) in [5.41, 5.74) is 0. The van der Waals surface area contributed by atoms with Gasteiger partial charge in [-0.25, -0.2) is 0 Å². The lowest BCUT2D eigenvalue weighted by Gasteiger charge is -2.40. The van der Waals surface area contributed by atoms with Crippen LogP contribution in [0, 0.1) is 0 Å². The van der Waals surface area contributed by atoms with Crippen LogP contribution in [0.15, 0.2) is 0 Å². The largest absolute Gasteiger partial charge is 0.394 e. The molecule has 11 nitrogen and oxygen atoms in total. The Morgan fingerprint density at radius 1 is 0.620 bits per heavy atom. The Hall–Kier alpha value is -0.890. The van der Waals surface area contributed by atoms with Gasteiger partial charge in [0.05, 0.1) is 25.4 Å². The quantitative estimate of drug-likeness (QED) is 0.0421. The summed E-state index contributed by atoms with van der Waals surface area (Å²) in [5, 5.41) is 75.2. The first-order valence-electron chi connectivity index (χ1n) is 20.4. The Morgan fingerprint density at radius 3 is 1.48 bits per heavy atom. The first-order valence-corrected chi connectivity index (χ1v) is 20.4. The minimum atomic E-state index is -1.65. The minimum Gasteiger partial charge on any atom is -0.394 e. The molecule has 8 N–H and O–H groups in total. The van der Waals surface area contributed by atoms with Crippen LogP contribution in [-0.4, -0.2) is 110 Å². The predicted octanol–water partition coefficient (Wildman–Crippen LogP) is 5.16. The first kappa shape index (κ1) is 47.1. The highest BCUT2D eigenvalue weighted by atomic mass is 16.7. The van der Waals surface area contributed by atoms with Crippen molar-refractivity contribution in [2.75, 3.05) is 13.2 Å². The number of aliphatic hydroxyl groups excluding tert-OH is 7. The Morgan fingerprint density at radius 2 is 1.04 bits per heavy atom. The van der Waals surface area contributed by atoms with E-state index in [0.717, 1.165) is 38.5 Å². The Labute approximate surface area is 303 Å². The normalized spacial score (nSPS) is 23.4. The van der Waals surface area contributed by atoms with Crippen LogP contribution in [0.4, 0.5) is 0 Å². The van der Waals surface area contributed by atoms with E-state index in [1.165, 1.54) is 96.3 Å². The summed E-state index contributed by atoms with van der Waals surface area (Å²) in [6, 6.07) is -1.16. The number of amides is 1. The van der Waals surface area contributed by atoms with E-state index in [4.69, 9.17) is 9.47 Å². The van der Waals surface area contributed by atoms with Gasteiger partial charge in [-0.2, -0.15) is 0 Å². The van der Waals surface area contributed by atoms with Crippen LogP contribution in [0.2, 0.25) is 0 Å². The van der Waals surface area contributed by atoms with Gasteiger partial charge < -0.3 is 50.5 Å². The highest BCUT2D eigenvalue weighted by Gasteiger charge is 2.44. The molecule has 0 radical (unpaired) electrons. The maximum absolute atomic E-state index is 13.0. The Bertz CT molecular complexity index is 790. The number of hydrogen-bond acceptors (Lipinski definition) is 10. The number of nitrogens with one attached hydrogen (secondary N) is 1. The summed E-state index contributed by atoms with van der Waals surface area (Å²) < 4.78 is 11.0. The van der Waals surface area contributed by atoms with Crippen LogP contribution < -0.4 is 5.32 Å². The van der Waals surface area contributed by atoms with Crippen molar-refractivity contribution >= 4 is 5.91 Å². The number of carbonyl (C=O) groups is 1. The number of unbranched alkanes of at least 4 members (excludes halogenated alkanes) is 21. The van der Waals surface area contributed by atoms with E-state index in [9.17, 15) is 40.5 Å². The summed E-state index contributed by atoms with van der Waals surface area (Å²) in [4.78, 5) is 13.0. The van der Waals surface area contributed by atoms with E-state index < -0.39 is 74.2 Å². The molecular weight excluding hydrogens is 642 g/mol. The average molecular weight is 720 g/mol. The summed E-state index contributed by atoms with van der Waals surface area (Å²) in [6.07, 6.45) is 15.9. The second-order valence-electron chi connectivity index (χ2n) is 14.7. The summed E-state index contributed by atoms with van der Waals surface area (Å²) >= 11 is 0. The van der Waals surface area contributed by atoms with Gasteiger partial charge >= 0.3 is 0 Å². The highest BCUT2D eigenvalue weighted by molar-refractivity contribution is 5.80. The first-order chi connectivity index (χ1) is 24.2. The topological polar surface area (TPSA) is 189 Å². The smallest absolute Gasteiger partial charge is 0.249 e. The molecule has 1 fully saturated rings. The molecule has 0 saturated carbocycles. The summed E-state index contributed by atoms with van der Waals surface area (Å²) in [7, 11) is 0. The molecule has 0 aromatic heterocycles. The van der Waals surface area contributed by atoms with Crippen molar-refractivity contribution in [1.29, 1.82) is 0 Å². The SMILES string of the molecule is CCCCCCCCCCCCCCCC(O)C(=O)NC(COC1OC(CO)C(O)C(O)C1O)C(O)C(O)CCCCCCCCCCCC. The summed E-state index contributed by atoms with van der Waals surface area (Å²) in [6.45, 7) is 3.39. The van der Waals surface area contributed by atoms with Gasteiger partial charge in [-0.3, -0.25) is 4.79 Å². The van der Waals surface area contributed by atoms with E-state index in [-0.39, 0.29) is 6.42 Å². The molecule has 1 saturated heterocycles. The maximum atomic E-state index is 13.0. The molecule has 50 heavy (non-hydrogen) atoms. The summed E-state index contributed by atoms with van der Waals surface area (Å²) in [5.74, 6) is -0.698. The number of carbonyl (C=O) groups excluding carboxylic acids is 1. The zero-order chi connectivity index (χ0) is 37.0. The lowest BCUT2D eigenvalue weighted by molar-refractivity contribution is -0.303. The number of hydrogen-bond donors (Lipinski definition) is 8. The van der Waals surface area contributed by atoms with Crippen molar-refractivity contribution in [2.45, 2.75) is 229 Å². The van der Waals surface area contributed by atoms with Crippen LogP contribution >= 0.6 is 0 Å². The van der Waals surface area contributed by atoms with Gasteiger partial charge in [-0.05, 0) is 12.8 Å². The van der Waals surface area contributed by atoms with Gasteiger partial charge in [0.2, 0.25) is 5.91 Å². The number of rotatable bonds is 33. The second-order valence-corrected chi connectivity index (χ2v) is 14.7. The third-order valence-electron chi connectivity index (χ3n) is 10.2. The molecule has 11 heteroatoms. The van der Waals surface area contributed by atoms with Crippen molar-refractivity contribution in [1.82, 2.24) is 5.32 Å². The zero-order valence-electron chi connectivity index (χ0n) is 31.6. The fourth-order valence-corrected chi connectivity index (χ4v) is 6.67. The van der Waals surface area contributed by atoms with Gasteiger partial charge in [0.25, 0.3) is 0 Å². The van der Waals surface area contributed by atoms with Crippen LogP contribution in [0.3, 0.4) is 0 Å². The molecule has 1 amide bonds. The fourth-order valence-electron chi connectivity index (χ4n) is 6.67. The maximum Gasteiger partial charge on any atom is 0.249 e. The van der Waals surface area contributed by atoms with Crippen molar-refractivity contribution in [3.05, 3.63) is 0 Å². The van der Waals surface area contributed by atoms with Crippen molar-refractivity contribution < 1.29 is 50.0 Å². The molecule has 1 aliphatic rings. The van der Waals surface area contributed by atoms with Gasteiger partial charge in [-0.1, -0.05) is 162 Å². The van der Waals surface area contributed by atoms with Gasteiger partial charge in [-0.15, -0.1) is 0 Å². The van der Waals surface area contributed by atoms with Gasteiger partial charge in [0.1, 0.15) is 36.6 Å².